The summed E-state index contributed by atoms with van der Waals surface area (Å²) in [5.74, 6) is 0. The lowest BCUT2D eigenvalue weighted by atomic mass is 10.1. The fourth-order valence-electron chi connectivity index (χ4n) is 1.79. The first-order valence-corrected chi connectivity index (χ1v) is 4.73. The van der Waals surface area contributed by atoms with Crippen molar-refractivity contribution in [2.24, 2.45) is 0 Å². The lowest BCUT2D eigenvalue weighted by Crippen LogP contribution is -2.30. The molecule has 0 aliphatic carbocycles. The summed E-state index contributed by atoms with van der Waals surface area (Å²) in [7, 11) is 0. The number of aliphatic hydroxyl groups is 1. The van der Waals surface area contributed by atoms with Crippen LogP contribution in [0.2, 0.25) is 0 Å². The van der Waals surface area contributed by atoms with Crippen LogP contribution in [-0.2, 0) is 13.1 Å². The van der Waals surface area contributed by atoms with E-state index < -0.39 is 0 Å². The Hall–Kier alpha value is -0.860. The molecule has 13 heavy (non-hydrogen) atoms. The minimum absolute atomic E-state index is 0.244. The van der Waals surface area contributed by atoms with E-state index in [-0.39, 0.29) is 12.6 Å². The van der Waals surface area contributed by atoms with Crippen LogP contribution in [0.5, 0.6) is 0 Å². The molecule has 1 aliphatic heterocycles. The van der Waals surface area contributed by atoms with Crippen LogP contribution in [0.1, 0.15) is 18.1 Å². The van der Waals surface area contributed by atoms with E-state index >= 15 is 0 Å². The van der Waals surface area contributed by atoms with Crippen molar-refractivity contribution in [3.05, 3.63) is 35.4 Å². The molecule has 0 saturated carbocycles. The third kappa shape index (κ3) is 1.60. The molecular weight excluding hydrogens is 162 g/mol. The number of hydrogen-bond acceptors (Lipinski definition) is 2. The smallest absolute Gasteiger partial charge is 0.0584 e. The second-order valence-corrected chi connectivity index (χ2v) is 3.71. The van der Waals surface area contributed by atoms with Crippen molar-refractivity contribution in [2.75, 3.05) is 6.61 Å². The van der Waals surface area contributed by atoms with Gasteiger partial charge in [0.15, 0.2) is 0 Å². The summed E-state index contributed by atoms with van der Waals surface area (Å²) in [5, 5.41) is 9.03. The molecule has 0 unspecified atom stereocenters. The van der Waals surface area contributed by atoms with E-state index in [1.54, 1.807) is 0 Å². The molecule has 0 saturated heterocycles. The summed E-state index contributed by atoms with van der Waals surface area (Å²) in [6.45, 7) is 4.27. The van der Waals surface area contributed by atoms with E-state index in [4.69, 9.17) is 5.11 Å². The van der Waals surface area contributed by atoms with Crippen LogP contribution in [0, 0.1) is 0 Å². The summed E-state index contributed by atoms with van der Waals surface area (Å²) in [6, 6.07) is 8.75. The predicted molar refractivity (Wildman–Crippen MR) is 52.2 cm³/mol. The maximum atomic E-state index is 9.03. The second kappa shape index (κ2) is 3.48. The summed E-state index contributed by atoms with van der Waals surface area (Å²) in [5.41, 5.74) is 2.81. The van der Waals surface area contributed by atoms with Gasteiger partial charge in [0, 0.05) is 19.1 Å². The highest BCUT2D eigenvalue weighted by molar-refractivity contribution is 5.30. The van der Waals surface area contributed by atoms with Gasteiger partial charge in [0.2, 0.25) is 0 Å². The highest BCUT2D eigenvalue weighted by atomic mass is 16.3. The van der Waals surface area contributed by atoms with Crippen molar-refractivity contribution in [1.82, 2.24) is 4.90 Å². The number of nitrogens with zero attached hydrogens (tertiary/aromatic N) is 1. The van der Waals surface area contributed by atoms with Crippen LogP contribution in [0.4, 0.5) is 0 Å². The summed E-state index contributed by atoms with van der Waals surface area (Å²) >= 11 is 0. The van der Waals surface area contributed by atoms with Gasteiger partial charge in [-0.05, 0) is 18.1 Å². The zero-order chi connectivity index (χ0) is 9.26. The zero-order valence-corrected chi connectivity index (χ0v) is 7.90. The maximum absolute atomic E-state index is 9.03. The molecule has 1 aromatic carbocycles. The van der Waals surface area contributed by atoms with E-state index in [0.29, 0.717) is 0 Å². The average molecular weight is 177 g/mol. The van der Waals surface area contributed by atoms with Crippen LogP contribution >= 0.6 is 0 Å². The molecule has 1 atom stereocenters. The van der Waals surface area contributed by atoms with Gasteiger partial charge in [-0.15, -0.1) is 0 Å². The Morgan fingerprint density at radius 2 is 1.85 bits per heavy atom. The van der Waals surface area contributed by atoms with E-state index in [0.717, 1.165) is 13.1 Å². The minimum Gasteiger partial charge on any atom is -0.395 e. The molecule has 70 valence electrons. The van der Waals surface area contributed by atoms with Crippen LogP contribution in [-0.4, -0.2) is 22.7 Å². The molecule has 1 aliphatic rings. The van der Waals surface area contributed by atoms with E-state index in [1.165, 1.54) is 11.1 Å². The van der Waals surface area contributed by atoms with E-state index in [1.807, 2.05) is 0 Å². The molecule has 0 aromatic heterocycles. The second-order valence-electron chi connectivity index (χ2n) is 3.71. The first kappa shape index (κ1) is 8.73. The number of aliphatic hydroxyl groups excluding tert-OH is 1. The van der Waals surface area contributed by atoms with Crippen molar-refractivity contribution in [3.63, 3.8) is 0 Å². The first-order valence-electron chi connectivity index (χ1n) is 4.73. The van der Waals surface area contributed by atoms with Gasteiger partial charge in [0.25, 0.3) is 0 Å². The highest BCUT2D eigenvalue weighted by Gasteiger charge is 2.21. The fraction of sp³-hybridized carbons (Fsp3) is 0.455. The van der Waals surface area contributed by atoms with Crippen molar-refractivity contribution >= 4 is 0 Å². The largest absolute Gasteiger partial charge is 0.395 e. The van der Waals surface area contributed by atoms with Crippen LogP contribution in [0.15, 0.2) is 24.3 Å². The van der Waals surface area contributed by atoms with Crippen molar-refractivity contribution < 1.29 is 5.11 Å². The summed E-state index contributed by atoms with van der Waals surface area (Å²) in [6.07, 6.45) is 0. The number of hydrogen-bond donors (Lipinski definition) is 1. The molecule has 2 nitrogen and oxygen atoms in total. The van der Waals surface area contributed by atoms with Gasteiger partial charge in [0.05, 0.1) is 6.61 Å². The van der Waals surface area contributed by atoms with E-state index in [2.05, 4.69) is 36.1 Å². The average Bonchev–Trinajstić information content (AvgIpc) is 2.59. The van der Waals surface area contributed by atoms with Crippen LogP contribution in [0.3, 0.4) is 0 Å². The molecule has 1 N–H and O–H groups in total. The lowest BCUT2D eigenvalue weighted by Gasteiger charge is -2.21. The Kier molecular flexibility index (Phi) is 2.34. The Labute approximate surface area is 78.8 Å². The quantitative estimate of drug-likeness (QED) is 0.737. The Morgan fingerprint density at radius 3 is 2.31 bits per heavy atom. The number of fused-ring (bicyclic) bond motifs is 1. The van der Waals surface area contributed by atoms with Gasteiger partial charge in [-0.25, -0.2) is 0 Å². The summed E-state index contributed by atoms with van der Waals surface area (Å²) < 4.78 is 0. The molecular formula is C11H15NO. The summed E-state index contributed by atoms with van der Waals surface area (Å²) in [4.78, 5) is 2.30. The fourth-order valence-corrected chi connectivity index (χ4v) is 1.79. The van der Waals surface area contributed by atoms with Gasteiger partial charge in [-0.3, -0.25) is 4.90 Å². The van der Waals surface area contributed by atoms with Crippen molar-refractivity contribution in [3.8, 4) is 0 Å². The number of rotatable bonds is 2. The predicted octanol–water partition coefficient (Wildman–Crippen LogP) is 1.38. The topological polar surface area (TPSA) is 23.5 Å². The number of benzene rings is 1. The molecule has 0 radical (unpaired) electrons. The molecule has 1 aromatic rings. The molecule has 0 spiro atoms. The monoisotopic (exact) mass is 177 g/mol. The first-order chi connectivity index (χ1) is 6.31. The van der Waals surface area contributed by atoms with Crippen molar-refractivity contribution in [2.45, 2.75) is 26.1 Å². The Balaban J connectivity index is 2.14. The molecule has 0 bridgehead atoms. The lowest BCUT2D eigenvalue weighted by molar-refractivity contribution is 0.134. The van der Waals surface area contributed by atoms with Gasteiger partial charge in [-0.1, -0.05) is 24.3 Å². The van der Waals surface area contributed by atoms with Gasteiger partial charge < -0.3 is 5.11 Å². The van der Waals surface area contributed by atoms with Crippen LogP contribution in [0.25, 0.3) is 0 Å². The third-order valence-electron chi connectivity index (χ3n) is 2.75. The molecule has 1 heterocycles. The Bertz CT molecular complexity index is 273. The van der Waals surface area contributed by atoms with Crippen molar-refractivity contribution in [1.29, 1.82) is 0 Å². The maximum Gasteiger partial charge on any atom is 0.0584 e. The third-order valence-corrected chi connectivity index (χ3v) is 2.75. The van der Waals surface area contributed by atoms with Gasteiger partial charge in [-0.2, -0.15) is 0 Å². The minimum atomic E-state index is 0.244. The molecule has 2 heteroatoms. The molecule has 2 rings (SSSR count). The van der Waals surface area contributed by atoms with E-state index in [9.17, 15) is 0 Å². The van der Waals surface area contributed by atoms with Crippen LogP contribution < -0.4 is 0 Å². The zero-order valence-electron chi connectivity index (χ0n) is 7.90. The normalized spacial score (nSPS) is 18.6. The Morgan fingerprint density at radius 1 is 1.31 bits per heavy atom. The molecule has 0 amide bonds. The highest BCUT2D eigenvalue weighted by Crippen LogP contribution is 2.23. The van der Waals surface area contributed by atoms with Gasteiger partial charge in [0.1, 0.15) is 0 Å². The standard InChI is InChI=1S/C11H15NO/c1-9(8-13)12-6-10-4-2-3-5-11(10)7-12/h2-5,9,13H,6-8H2,1H3/t9-/m1/s1. The SMILES string of the molecule is C[C@H](CO)N1Cc2ccccc2C1. The molecule has 0 fully saturated rings. The van der Waals surface area contributed by atoms with Gasteiger partial charge >= 0.3 is 0 Å².